The number of piperazine rings is 2. The Labute approximate surface area is 157 Å². The predicted molar refractivity (Wildman–Crippen MR) is 100 cm³/mol. The van der Waals surface area contributed by atoms with Crippen LogP contribution in [-0.2, 0) is 9.59 Å². The molecule has 0 unspecified atom stereocenters. The summed E-state index contributed by atoms with van der Waals surface area (Å²) in [4.78, 5) is 44.0. The first-order valence-corrected chi connectivity index (χ1v) is 9.53. The van der Waals surface area contributed by atoms with Crippen molar-refractivity contribution in [1.29, 1.82) is 0 Å². The molecule has 27 heavy (non-hydrogen) atoms. The number of benzene rings is 2. The molecule has 3 heterocycles. The number of hydrogen-bond acceptors (Lipinski definition) is 3. The van der Waals surface area contributed by atoms with Crippen LogP contribution in [0.2, 0.25) is 0 Å². The first-order valence-electron chi connectivity index (χ1n) is 9.53. The molecule has 0 aromatic heterocycles. The SMILES string of the molecule is O=C(c1cccc2ccccc12)N1CCN2C(=O)[C@@H]3CCCN3C(=O)[C@H]2C1. The lowest BCUT2D eigenvalue weighted by Gasteiger charge is -2.47. The van der Waals surface area contributed by atoms with Gasteiger partial charge in [0.25, 0.3) is 5.91 Å². The first-order chi connectivity index (χ1) is 13.1. The van der Waals surface area contributed by atoms with E-state index in [0.717, 1.165) is 23.6 Å². The van der Waals surface area contributed by atoms with E-state index in [-0.39, 0.29) is 30.3 Å². The molecule has 2 aromatic carbocycles. The third-order valence-electron chi connectivity index (χ3n) is 6.08. The number of carbonyl (C=O) groups is 3. The molecule has 0 aliphatic carbocycles. The zero-order valence-electron chi connectivity index (χ0n) is 15.0. The largest absolute Gasteiger partial charge is 0.334 e. The van der Waals surface area contributed by atoms with Crippen molar-refractivity contribution >= 4 is 28.5 Å². The van der Waals surface area contributed by atoms with E-state index in [9.17, 15) is 14.4 Å². The predicted octanol–water partition coefficient (Wildman–Crippen LogP) is 1.50. The minimum atomic E-state index is -0.542. The quantitative estimate of drug-likeness (QED) is 0.771. The molecule has 6 heteroatoms. The van der Waals surface area contributed by atoms with Crippen LogP contribution in [0, 0.1) is 0 Å². The summed E-state index contributed by atoms with van der Waals surface area (Å²) in [5.74, 6) is -0.0304. The summed E-state index contributed by atoms with van der Waals surface area (Å²) in [5.41, 5.74) is 0.648. The maximum atomic E-state index is 13.2. The zero-order chi connectivity index (χ0) is 18.5. The highest BCUT2D eigenvalue weighted by Gasteiger charge is 2.50. The minimum absolute atomic E-state index is 0.00693. The van der Waals surface area contributed by atoms with Crippen LogP contribution in [0.3, 0.4) is 0 Å². The standard InChI is InChI=1S/C21H21N3O3/c25-19(16-8-3-6-14-5-1-2-7-15(14)16)22-11-12-24-18(13-22)21(27)23-10-4-9-17(23)20(24)26/h1-3,5-8,17-18H,4,9-13H2/t17-,18+/m0/s1. The molecular formula is C21H21N3O3. The lowest BCUT2D eigenvalue weighted by molar-refractivity contribution is -0.162. The van der Waals surface area contributed by atoms with Gasteiger partial charge in [0.15, 0.2) is 0 Å². The molecule has 3 amide bonds. The van der Waals surface area contributed by atoms with Crippen LogP contribution in [0.25, 0.3) is 10.8 Å². The second-order valence-corrected chi connectivity index (χ2v) is 7.51. The van der Waals surface area contributed by atoms with Crippen molar-refractivity contribution in [2.24, 2.45) is 0 Å². The molecule has 0 spiro atoms. The van der Waals surface area contributed by atoms with E-state index in [4.69, 9.17) is 0 Å². The Morgan fingerprint density at radius 3 is 2.48 bits per heavy atom. The second kappa shape index (κ2) is 6.08. The fourth-order valence-electron chi connectivity index (χ4n) is 4.69. The monoisotopic (exact) mass is 363 g/mol. The molecule has 5 rings (SSSR count). The van der Waals surface area contributed by atoms with Crippen molar-refractivity contribution in [3.63, 3.8) is 0 Å². The third kappa shape index (κ3) is 2.43. The molecule has 138 valence electrons. The Morgan fingerprint density at radius 1 is 0.852 bits per heavy atom. The van der Waals surface area contributed by atoms with E-state index < -0.39 is 6.04 Å². The Morgan fingerprint density at radius 2 is 1.59 bits per heavy atom. The van der Waals surface area contributed by atoms with Gasteiger partial charge in [-0.2, -0.15) is 0 Å². The van der Waals surface area contributed by atoms with Gasteiger partial charge in [0, 0.05) is 25.2 Å². The van der Waals surface area contributed by atoms with E-state index in [1.165, 1.54) is 0 Å². The first kappa shape index (κ1) is 16.3. The molecule has 0 N–H and O–H groups in total. The molecule has 0 saturated carbocycles. The normalized spacial score (nSPS) is 25.0. The summed E-state index contributed by atoms with van der Waals surface area (Å²) in [7, 11) is 0. The fourth-order valence-corrected chi connectivity index (χ4v) is 4.69. The van der Waals surface area contributed by atoms with Crippen molar-refractivity contribution < 1.29 is 14.4 Å². The van der Waals surface area contributed by atoms with Crippen LogP contribution in [0.1, 0.15) is 23.2 Å². The molecule has 3 saturated heterocycles. The maximum absolute atomic E-state index is 13.2. The lowest BCUT2D eigenvalue weighted by Crippen LogP contribution is -2.69. The lowest BCUT2D eigenvalue weighted by atomic mass is 10.00. The highest BCUT2D eigenvalue weighted by molar-refractivity contribution is 6.07. The second-order valence-electron chi connectivity index (χ2n) is 7.51. The van der Waals surface area contributed by atoms with Gasteiger partial charge in [-0.3, -0.25) is 14.4 Å². The summed E-state index contributed by atoms with van der Waals surface area (Å²) >= 11 is 0. The van der Waals surface area contributed by atoms with Gasteiger partial charge in [-0.1, -0.05) is 36.4 Å². The molecule has 3 aliphatic rings. The van der Waals surface area contributed by atoms with Gasteiger partial charge in [-0.05, 0) is 29.7 Å². The van der Waals surface area contributed by atoms with Gasteiger partial charge in [-0.15, -0.1) is 0 Å². The Bertz CT molecular complexity index is 951. The number of rotatable bonds is 1. The third-order valence-corrected chi connectivity index (χ3v) is 6.08. The van der Waals surface area contributed by atoms with Gasteiger partial charge < -0.3 is 14.7 Å². The van der Waals surface area contributed by atoms with Crippen LogP contribution in [0.15, 0.2) is 42.5 Å². The number of nitrogens with zero attached hydrogens (tertiary/aromatic N) is 3. The Balaban J connectivity index is 1.43. The van der Waals surface area contributed by atoms with Crippen molar-refractivity contribution in [3.8, 4) is 0 Å². The molecule has 6 nitrogen and oxygen atoms in total. The molecule has 2 aromatic rings. The maximum Gasteiger partial charge on any atom is 0.254 e. The van der Waals surface area contributed by atoms with Crippen molar-refractivity contribution in [3.05, 3.63) is 48.0 Å². The van der Waals surface area contributed by atoms with E-state index in [1.54, 1.807) is 14.7 Å². The smallest absolute Gasteiger partial charge is 0.254 e. The van der Waals surface area contributed by atoms with Crippen LogP contribution < -0.4 is 0 Å². The number of fused-ring (bicyclic) bond motifs is 3. The Hall–Kier alpha value is -2.89. The number of carbonyl (C=O) groups excluding carboxylic acids is 3. The summed E-state index contributed by atoms with van der Waals surface area (Å²) in [5, 5.41) is 1.93. The molecular weight excluding hydrogens is 342 g/mol. The topological polar surface area (TPSA) is 60.9 Å². The highest BCUT2D eigenvalue weighted by Crippen LogP contribution is 2.29. The summed E-state index contributed by atoms with van der Waals surface area (Å²) in [6.07, 6.45) is 1.63. The van der Waals surface area contributed by atoms with Gasteiger partial charge in [0.1, 0.15) is 12.1 Å². The average Bonchev–Trinajstić information content (AvgIpc) is 3.21. The van der Waals surface area contributed by atoms with Gasteiger partial charge in [0.2, 0.25) is 11.8 Å². The number of amides is 3. The van der Waals surface area contributed by atoms with Crippen LogP contribution in [0.5, 0.6) is 0 Å². The Kier molecular flexibility index (Phi) is 3.67. The molecule has 3 fully saturated rings. The number of hydrogen-bond donors (Lipinski definition) is 0. The molecule has 0 radical (unpaired) electrons. The summed E-state index contributed by atoms with van der Waals surface area (Å²) in [6.45, 7) is 1.81. The van der Waals surface area contributed by atoms with E-state index in [1.807, 2.05) is 42.5 Å². The van der Waals surface area contributed by atoms with Crippen LogP contribution in [0.4, 0.5) is 0 Å². The minimum Gasteiger partial charge on any atom is -0.334 e. The van der Waals surface area contributed by atoms with Crippen molar-refractivity contribution in [2.75, 3.05) is 26.2 Å². The van der Waals surface area contributed by atoms with Gasteiger partial charge >= 0.3 is 0 Å². The summed E-state index contributed by atoms with van der Waals surface area (Å²) < 4.78 is 0. The van der Waals surface area contributed by atoms with Gasteiger partial charge in [-0.25, -0.2) is 0 Å². The zero-order valence-corrected chi connectivity index (χ0v) is 15.0. The van der Waals surface area contributed by atoms with Crippen LogP contribution >= 0.6 is 0 Å². The molecule has 2 atom stereocenters. The molecule has 3 aliphatic heterocycles. The highest BCUT2D eigenvalue weighted by atomic mass is 16.2. The fraction of sp³-hybridized carbons (Fsp3) is 0.381. The molecule has 0 bridgehead atoms. The summed E-state index contributed by atoms with van der Waals surface area (Å²) in [6, 6.07) is 12.7. The average molecular weight is 363 g/mol. The van der Waals surface area contributed by atoms with Crippen molar-refractivity contribution in [2.45, 2.75) is 24.9 Å². The van der Waals surface area contributed by atoms with Gasteiger partial charge in [0.05, 0.1) is 6.54 Å². The van der Waals surface area contributed by atoms with Crippen molar-refractivity contribution in [1.82, 2.24) is 14.7 Å². The van der Waals surface area contributed by atoms with E-state index in [2.05, 4.69) is 0 Å². The van der Waals surface area contributed by atoms with E-state index in [0.29, 0.717) is 25.2 Å². The van der Waals surface area contributed by atoms with E-state index >= 15 is 0 Å². The van der Waals surface area contributed by atoms with Crippen LogP contribution in [-0.4, -0.2) is 70.7 Å².